The SMILES string of the molecule is Cc1nc2ccc(NC(=O)Nc3ccc([N+](=O)[O-])cc3)cc2nc1C. The Morgan fingerprint density at radius 3 is 2.12 bits per heavy atom. The van der Waals surface area contributed by atoms with E-state index in [9.17, 15) is 14.9 Å². The average Bonchev–Trinajstić information content (AvgIpc) is 2.56. The number of fused-ring (bicyclic) bond motifs is 1. The van der Waals surface area contributed by atoms with Gasteiger partial charge in [-0.1, -0.05) is 0 Å². The maximum absolute atomic E-state index is 12.1. The molecule has 126 valence electrons. The number of carbonyl (C=O) groups excluding carboxylic acids is 1. The van der Waals surface area contributed by atoms with E-state index in [2.05, 4.69) is 20.6 Å². The van der Waals surface area contributed by atoms with Gasteiger partial charge in [0, 0.05) is 23.5 Å². The number of aromatic nitrogens is 2. The van der Waals surface area contributed by atoms with E-state index in [1.165, 1.54) is 24.3 Å². The summed E-state index contributed by atoms with van der Waals surface area (Å²) in [4.78, 5) is 31.1. The van der Waals surface area contributed by atoms with Crippen LogP contribution in [0.3, 0.4) is 0 Å². The minimum Gasteiger partial charge on any atom is -0.308 e. The van der Waals surface area contributed by atoms with Crippen molar-refractivity contribution < 1.29 is 9.72 Å². The molecule has 0 bridgehead atoms. The highest BCUT2D eigenvalue weighted by Crippen LogP contribution is 2.19. The zero-order valence-corrected chi connectivity index (χ0v) is 13.6. The van der Waals surface area contributed by atoms with Crippen LogP contribution in [0.4, 0.5) is 21.9 Å². The number of hydrogen-bond donors (Lipinski definition) is 2. The zero-order valence-electron chi connectivity index (χ0n) is 13.6. The van der Waals surface area contributed by atoms with Gasteiger partial charge in [-0.05, 0) is 44.2 Å². The Morgan fingerprint density at radius 1 is 0.920 bits per heavy atom. The number of non-ortho nitro benzene ring substituents is 1. The first kappa shape index (κ1) is 16.3. The van der Waals surface area contributed by atoms with E-state index < -0.39 is 11.0 Å². The molecule has 0 saturated heterocycles. The van der Waals surface area contributed by atoms with Crippen molar-refractivity contribution in [2.24, 2.45) is 0 Å². The Bertz CT molecular complexity index is 970. The Labute approximate surface area is 143 Å². The second-order valence-corrected chi connectivity index (χ2v) is 5.48. The van der Waals surface area contributed by atoms with E-state index in [4.69, 9.17) is 0 Å². The summed E-state index contributed by atoms with van der Waals surface area (Å²) in [6, 6.07) is 10.4. The monoisotopic (exact) mass is 337 g/mol. The van der Waals surface area contributed by atoms with Gasteiger partial charge in [-0.3, -0.25) is 10.1 Å². The van der Waals surface area contributed by atoms with Gasteiger partial charge in [0.25, 0.3) is 5.69 Å². The molecule has 8 nitrogen and oxygen atoms in total. The minimum atomic E-state index is -0.496. The summed E-state index contributed by atoms with van der Waals surface area (Å²) >= 11 is 0. The molecule has 0 aliphatic carbocycles. The molecule has 1 aromatic heterocycles. The second kappa shape index (κ2) is 6.52. The zero-order chi connectivity index (χ0) is 18.0. The van der Waals surface area contributed by atoms with E-state index in [1.54, 1.807) is 18.2 Å². The van der Waals surface area contributed by atoms with Crippen molar-refractivity contribution >= 4 is 34.1 Å². The second-order valence-electron chi connectivity index (χ2n) is 5.48. The lowest BCUT2D eigenvalue weighted by molar-refractivity contribution is -0.384. The van der Waals surface area contributed by atoms with E-state index in [1.807, 2.05) is 13.8 Å². The van der Waals surface area contributed by atoms with Crippen molar-refractivity contribution in [1.82, 2.24) is 9.97 Å². The van der Waals surface area contributed by atoms with Crippen molar-refractivity contribution in [3.8, 4) is 0 Å². The molecule has 0 saturated carbocycles. The fourth-order valence-corrected chi connectivity index (χ4v) is 2.27. The predicted octanol–water partition coefficient (Wildman–Crippen LogP) is 3.80. The Kier molecular flexibility index (Phi) is 4.25. The number of benzene rings is 2. The first-order valence-electron chi connectivity index (χ1n) is 7.50. The molecule has 0 aliphatic rings. The van der Waals surface area contributed by atoms with E-state index in [0.717, 1.165) is 16.9 Å². The van der Waals surface area contributed by atoms with Crippen molar-refractivity contribution in [2.45, 2.75) is 13.8 Å². The van der Waals surface area contributed by atoms with Crippen LogP contribution < -0.4 is 10.6 Å². The third-order valence-electron chi connectivity index (χ3n) is 3.67. The number of aryl methyl sites for hydroxylation is 2. The number of urea groups is 1. The van der Waals surface area contributed by atoms with Crippen LogP contribution >= 0.6 is 0 Å². The minimum absolute atomic E-state index is 0.0373. The van der Waals surface area contributed by atoms with Gasteiger partial charge in [-0.25, -0.2) is 14.8 Å². The molecule has 0 atom stereocenters. The highest BCUT2D eigenvalue weighted by atomic mass is 16.6. The number of nitrogens with zero attached hydrogens (tertiary/aromatic N) is 3. The van der Waals surface area contributed by atoms with Crippen molar-refractivity contribution in [2.75, 3.05) is 10.6 Å². The van der Waals surface area contributed by atoms with Crippen LogP contribution in [-0.4, -0.2) is 20.9 Å². The van der Waals surface area contributed by atoms with Crippen LogP contribution in [0.25, 0.3) is 11.0 Å². The summed E-state index contributed by atoms with van der Waals surface area (Å²) in [6.45, 7) is 3.77. The molecule has 2 aromatic carbocycles. The molecule has 0 radical (unpaired) electrons. The smallest absolute Gasteiger partial charge is 0.308 e. The highest BCUT2D eigenvalue weighted by Gasteiger charge is 2.08. The molecular weight excluding hydrogens is 322 g/mol. The quantitative estimate of drug-likeness (QED) is 0.558. The number of nitro benzene ring substituents is 1. The van der Waals surface area contributed by atoms with Crippen LogP contribution in [0.1, 0.15) is 11.4 Å². The van der Waals surface area contributed by atoms with Gasteiger partial charge in [0.1, 0.15) is 0 Å². The summed E-state index contributed by atoms with van der Waals surface area (Å²) in [5.74, 6) is 0. The van der Waals surface area contributed by atoms with Gasteiger partial charge in [0.15, 0.2) is 0 Å². The summed E-state index contributed by atoms with van der Waals surface area (Å²) in [5.41, 5.74) is 4.13. The van der Waals surface area contributed by atoms with Crippen molar-refractivity contribution in [3.63, 3.8) is 0 Å². The third kappa shape index (κ3) is 3.69. The molecule has 0 fully saturated rings. The first-order chi connectivity index (χ1) is 11.9. The molecule has 2 N–H and O–H groups in total. The molecule has 0 aliphatic heterocycles. The average molecular weight is 337 g/mol. The number of hydrogen-bond acceptors (Lipinski definition) is 5. The van der Waals surface area contributed by atoms with Gasteiger partial charge >= 0.3 is 6.03 Å². The van der Waals surface area contributed by atoms with E-state index >= 15 is 0 Å². The molecular formula is C17H15N5O3. The molecule has 8 heteroatoms. The lowest BCUT2D eigenvalue weighted by atomic mass is 10.2. The number of nitrogens with one attached hydrogen (secondary N) is 2. The number of amides is 2. The Morgan fingerprint density at radius 2 is 1.48 bits per heavy atom. The van der Waals surface area contributed by atoms with Gasteiger partial charge in [0.2, 0.25) is 0 Å². The van der Waals surface area contributed by atoms with Crippen LogP contribution in [-0.2, 0) is 0 Å². The summed E-state index contributed by atoms with van der Waals surface area (Å²) < 4.78 is 0. The summed E-state index contributed by atoms with van der Waals surface area (Å²) in [5, 5.41) is 15.9. The lowest BCUT2D eigenvalue weighted by Crippen LogP contribution is -2.19. The van der Waals surface area contributed by atoms with Gasteiger partial charge in [-0.15, -0.1) is 0 Å². The van der Waals surface area contributed by atoms with Crippen LogP contribution in [0.2, 0.25) is 0 Å². The number of nitro groups is 1. The number of anilines is 2. The third-order valence-corrected chi connectivity index (χ3v) is 3.67. The Balaban J connectivity index is 1.73. The Hall–Kier alpha value is -3.55. The number of carbonyl (C=O) groups is 1. The van der Waals surface area contributed by atoms with Crippen LogP contribution in [0.15, 0.2) is 42.5 Å². The fraction of sp³-hybridized carbons (Fsp3) is 0.118. The normalized spacial score (nSPS) is 10.5. The summed E-state index contributed by atoms with van der Waals surface area (Å²) in [7, 11) is 0. The van der Waals surface area contributed by atoms with Gasteiger partial charge < -0.3 is 10.6 Å². The van der Waals surface area contributed by atoms with Crippen LogP contribution in [0.5, 0.6) is 0 Å². The predicted molar refractivity (Wildman–Crippen MR) is 94.7 cm³/mol. The lowest BCUT2D eigenvalue weighted by Gasteiger charge is -2.09. The standard InChI is InChI=1S/C17H15N5O3/c1-10-11(2)19-16-9-13(5-8-15(16)18-10)21-17(23)20-12-3-6-14(7-4-12)22(24)25/h3-9H,1-2H3,(H2,20,21,23). The van der Waals surface area contributed by atoms with Crippen molar-refractivity contribution in [1.29, 1.82) is 0 Å². The molecule has 1 heterocycles. The van der Waals surface area contributed by atoms with Gasteiger partial charge in [-0.2, -0.15) is 0 Å². The molecule has 0 spiro atoms. The van der Waals surface area contributed by atoms with Crippen LogP contribution in [0, 0.1) is 24.0 Å². The largest absolute Gasteiger partial charge is 0.323 e. The summed E-state index contributed by atoms with van der Waals surface area (Å²) in [6.07, 6.45) is 0. The molecule has 0 unspecified atom stereocenters. The molecule has 3 aromatic rings. The molecule has 2 amide bonds. The highest BCUT2D eigenvalue weighted by molar-refractivity contribution is 6.00. The molecule has 3 rings (SSSR count). The van der Waals surface area contributed by atoms with E-state index in [-0.39, 0.29) is 5.69 Å². The van der Waals surface area contributed by atoms with Gasteiger partial charge in [0.05, 0.1) is 27.3 Å². The molecule has 25 heavy (non-hydrogen) atoms. The number of rotatable bonds is 3. The first-order valence-corrected chi connectivity index (χ1v) is 7.50. The van der Waals surface area contributed by atoms with Crippen molar-refractivity contribution in [3.05, 3.63) is 64.0 Å². The topological polar surface area (TPSA) is 110 Å². The van der Waals surface area contributed by atoms with E-state index in [0.29, 0.717) is 16.9 Å². The maximum Gasteiger partial charge on any atom is 0.323 e. The maximum atomic E-state index is 12.1. The fourth-order valence-electron chi connectivity index (χ4n) is 2.27.